The first kappa shape index (κ1) is 28.0. The van der Waals surface area contributed by atoms with Crippen LogP contribution < -0.4 is 5.32 Å². The van der Waals surface area contributed by atoms with Gasteiger partial charge in [-0.15, -0.1) is 0 Å². The number of carbonyl (C=O) groups excluding carboxylic acids is 2. The molecule has 0 radical (unpaired) electrons. The number of phenolic OH excluding ortho intramolecular Hbond substituents is 2. The lowest BCUT2D eigenvalue weighted by Crippen LogP contribution is -2.43. The molecule has 0 spiro atoms. The van der Waals surface area contributed by atoms with Gasteiger partial charge in [-0.05, 0) is 82.4 Å². The number of likely N-dealkylation sites (tertiary alicyclic amines) is 1. The SMILES string of the molecule is CC(C)C[C@@H](NCCC1CCN(C(=O)c2cc(C(C)C)c(O)cc2O)CC1)C(=O)OC(C)(C)C. The Morgan fingerprint density at radius 2 is 1.71 bits per heavy atom. The number of phenols is 2. The van der Waals surface area contributed by atoms with E-state index in [1.807, 2.05) is 34.6 Å². The van der Waals surface area contributed by atoms with Gasteiger partial charge in [-0.1, -0.05) is 27.7 Å². The number of esters is 1. The summed E-state index contributed by atoms with van der Waals surface area (Å²) in [6.45, 7) is 15.7. The molecule has 0 aliphatic carbocycles. The first-order chi connectivity index (χ1) is 15.8. The largest absolute Gasteiger partial charge is 0.508 e. The van der Waals surface area contributed by atoms with Gasteiger partial charge in [-0.3, -0.25) is 9.59 Å². The summed E-state index contributed by atoms with van der Waals surface area (Å²) in [6.07, 6.45) is 3.42. The van der Waals surface area contributed by atoms with Crippen LogP contribution in [0.1, 0.15) is 96.0 Å². The van der Waals surface area contributed by atoms with E-state index in [4.69, 9.17) is 4.74 Å². The topological polar surface area (TPSA) is 99.1 Å². The molecule has 1 aromatic rings. The number of hydrogen-bond acceptors (Lipinski definition) is 6. The molecular weight excluding hydrogens is 432 g/mol. The molecule has 1 amide bonds. The average molecular weight is 477 g/mol. The number of rotatable bonds is 9. The second kappa shape index (κ2) is 11.9. The van der Waals surface area contributed by atoms with Crippen molar-refractivity contribution in [3.05, 3.63) is 23.3 Å². The fourth-order valence-corrected chi connectivity index (χ4v) is 4.39. The van der Waals surface area contributed by atoms with Crippen molar-refractivity contribution in [1.29, 1.82) is 0 Å². The monoisotopic (exact) mass is 476 g/mol. The summed E-state index contributed by atoms with van der Waals surface area (Å²) in [6, 6.07) is 2.56. The fraction of sp³-hybridized carbons (Fsp3) is 0.704. The molecule has 7 nitrogen and oxygen atoms in total. The van der Waals surface area contributed by atoms with Crippen molar-refractivity contribution in [2.24, 2.45) is 11.8 Å². The highest BCUT2D eigenvalue weighted by Gasteiger charge is 2.28. The van der Waals surface area contributed by atoms with E-state index < -0.39 is 5.60 Å². The molecule has 34 heavy (non-hydrogen) atoms. The minimum absolute atomic E-state index is 0.0115. The van der Waals surface area contributed by atoms with Crippen molar-refractivity contribution in [2.45, 2.75) is 91.7 Å². The quantitative estimate of drug-likeness (QED) is 0.443. The molecule has 1 saturated heterocycles. The lowest BCUT2D eigenvalue weighted by atomic mass is 9.92. The van der Waals surface area contributed by atoms with Crippen LogP contribution in [0, 0.1) is 11.8 Å². The molecule has 1 fully saturated rings. The van der Waals surface area contributed by atoms with E-state index in [1.54, 1.807) is 11.0 Å². The van der Waals surface area contributed by atoms with Gasteiger partial charge in [0.1, 0.15) is 23.1 Å². The Bertz CT molecular complexity index is 836. The molecule has 3 N–H and O–H groups in total. The van der Waals surface area contributed by atoms with Crippen LogP contribution >= 0.6 is 0 Å². The summed E-state index contributed by atoms with van der Waals surface area (Å²) in [4.78, 5) is 27.4. The zero-order valence-electron chi connectivity index (χ0n) is 22.0. The number of nitrogens with one attached hydrogen (secondary N) is 1. The second-order valence-corrected chi connectivity index (χ2v) is 11.3. The van der Waals surface area contributed by atoms with Crippen molar-refractivity contribution in [1.82, 2.24) is 10.2 Å². The van der Waals surface area contributed by atoms with Crippen LogP contribution in [0.5, 0.6) is 11.5 Å². The number of carbonyl (C=O) groups is 2. The van der Waals surface area contributed by atoms with Gasteiger partial charge >= 0.3 is 5.97 Å². The number of aromatic hydroxyl groups is 2. The number of piperidine rings is 1. The fourth-order valence-electron chi connectivity index (χ4n) is 4.39. The Kier molecular flexibility index (Phi) is 9.80. The van der Waals surface area contributed by atoms with Gasteiger partial charge < -0.3 is 25.2 Å². The van der Waals surface area contributed by atoms with Crippen molar-refractivity contribution < 1.29 is 24.5 Å². The zero-order chi connectivity index (χ0) is 25.6. The Morgan fingerprint density at radius 3 is 2.24 bits per heavy atom. The third-order valence-corrected chi connectivity index (χ3v) is 6.24. The average Bonchev–Trinajstić information content (AvgIpc) is 2.71. The van der Waals surface area contributed by atoms with E-state index in [1.165, 1.54) is 6.07 Å². The van der Waals surface area contributed by atoms with E-state index in [-0.39, 0.29) is 40.9 Å². The molecule has 1 aliphatic heterocycles. The molecule has 1 heterocycles. The number of benzene rings is 1. The highest BCUT2D eigenvalue weighted by Crippen LogP contribution is 2.33. The van der Waals surface area contributed by atoms with Gasteiger partial charge in [0.2, 0.25) is 0 Å². The van der Waals surface area contributed by atoms with Crippen molar-refractivity contribution in [2.75, 3.05) is 19.6 Å². The Hall–Kier alpha value is -2.28. The van der Waals surface area contributed by atoms with Gasteiger partial charge in [0.05, 0.1) is 5.56 Å². The van der Waals surface area contributed by atoms with Crippen LogP contribution in [0.15, 0.2) is 12.1 Å². The molecule has 0 saturated carbocycles. The van der Waals surface area contributed by atoms with Crippen LogP contribution in [-0.2, 0) is 9.53 Å². The maximum absolute atomic E-state index is 13.0. The maximum Gasteiger partial charge on any atom is 0.323 e. The molecule has 2 rings (SSSR count). The summed E-state index contributed by atoms with van der Waals surface area (Å²) in [5.74, 6) is 0.329. The minimum Gasteiger partial charge on any atom is -0.508 e. The van der Waals surface area contributed by atoms with E-state index in [2.05, 4.69) is 19.2 Å². The molecule has 0 aromatic heterocycles. The summed E-state index contributed by atoms with van der Waals surface area (Å²) >= 11 is 0. The molecule has 0 unspecified atom stereocenters. The second-order valence-electron chi connectivity index (χ2n) is 11.3. The molecule has 7 heteroatoms. The molecule has 1 aliphatic rings. The summed E-state index contributed by atoms with van der Waals surface area (Å²) in [5.41, 5.74) is 0.397. The summed E-state index contributed by atoms with van der Waals surface area (Å²) < 4.78 is 5.58. The Morgan fingerprint density at radius 1 is 1.09 bits per heavy atom. The van der Waals surface area contributed by atoms with Gasteiger partial charge in [-0.2, -0.15) is 0 Å². The smallest absolute Gasteiger partial charge is 0.323 e. The molecule has 192 valence electrons. The molecule has 0 bridgehead atoms. The van der Waals surface area contributed by atoms with E-state index in [9.17, 15) is 19.8 Å². The first-order valence-electron chi connectivity index (χ1n) is 12.6. The summed E-state index contributed by atoms with van der Waals surface area (Å²) in [5, 5.41) is 23.7. The van der Waals surface area contributed by atoms with E-state index in [0.29, 0.717) is 30.5 Å². The predicted octanol–water partition coefficient (Wildman–Crippen LogP) is 4.81. The number of amides is 1. The van der Waals surface area contributed by atoms with Gasteiger partial charge in [-0.25, -0.2) is 0 Å². The standard InChI is InChI=1S/C27H44N2O5/c1-17(2)14-22(26(33)34-27(5,6)7)28-11-8-19-9-12-29(13-10-19)25(32)21-15-20(18(3)4)23(30)16-24(21)31/h15-19,22,28,30-31H,8-14H2,1-7H3/t22-/m1/s1. The van der Waals surface area contributed by atoms with Crippen molar-refractivity contribution >= 4 is 11.9 Å². The van der Waals surface area contributed by atoms with E-state index >= 15 is 0 Å². The lowest BCUT2D eigenvalue weighted by molar-refractivity contribution is -0.158. The Balaban J connectivity index is 1.88. The van der Waals surface area contributed by atoms with Crippen molar-refractivity contribution in [3.63, 3.8) is 0 Å². The van der Waals surface area contributed by atoms with Crippen LogP contribution in [0.25, 0.3) is 0 Å². The van der Waals surface area contributed by atoms with E-state index in [0.717, 1.165) is 32.2 Å². The number of hydrogen-bond donors (Lipinski definition) is 3. The maximum atomic E-state index is 13.0. The predicted molar refractivity (Wildman–Crippen MR) is 134 cm³/mol. The normalized spacial score (nSPS) is 16.2. The third-order valence-electron chi connectivity index (χ3n) is 6.24. The minimum atomic E-state index is -0.505. The zero-order valence-corrected chi connectivity index (χ0v) is 22.0. The highest BCUT2D eigenvalue weighted by atomic mass is 16.6. The van der Waals surface area contributed by atoms with Crippen molar-refractivity contribution in [3.8, 4) is 11.5 Å². The summed E-state index contributed by atoms with van der Waals surface area (Å²) in [7, 11) is 0. The van der Waals surface area contributed by atoms with Gasteiger partial charge in [0.25, 0.3) is 5.91 Å². The molecular formula is C27H44N2O5. The lowest BCUT2D eigenvalue weighted by Gasteiger charge is -2.33. The number of nitrogens with zero attached hydrogens (tertiary/aromatic N) is 1. The third kappa shape index (κ3) is 8.19. The highest BCUT2D eigenvalue weighted by molar-refractivity contribution is 5.97. The first-order valence-corrected chi connectivity index (χ1v) is 12.6. The van der Waals surface area contributed by atoms with Crippen LogP contribution in [0.2, 0.25) is 0 Å². The van der Waals surface area contributed by atoms with Crippen LogP contribution in [0.3, 0.4) is 0 Å². The molecule has 1 atom stereocenters. The van der Waals surface area contributed by atoms with Gasteiger partial charge in [0, 0.05) is 19.2 Å². The van der Waals surface area contributed by atoms with Gasteiger partial charge in [0.15, 0.2) is 0 Å². The molecule has 1 aromatic carbocycles. The number of ether oxygens (including phenoxy) is 1. The Labute approximate surface area is 204 Å². The van der Waals surface area contributed by atoms with Crippen LogP contribution in [0.4, 0.5) is 0 Å². The van der Waals surface area contributed by atoms with Crippen LogP contribution in [-0.4, -0.2) is 58.3 Å².